The first kappa shape index (κ1) is 15.4. The third-order valence-electron chi connectivity index (χ3n) is 3.10. The predicted octanol–water partition coefficient (Wildman–Crippen LogP) is 1.47. The number of nitrogens with one attached hydrogen (secondary N) is 1. The second-order valence-corrected chi connectivity index (χ2v) is 5.55. The number of carbonyl (C=O) groups excluding carboxylic acids is 1. The van der Waals surface area contributed by atoms with Crippen LogP contribution in [-0.2, 0) is 18.4 Å². The topological polar surface area (TPSA) is 94.7 Å². The molecule has 118 valence electrons. The predicted molar refractivity (Wildman–Crippen MR) is 85.7 cm³/mol. The Hall–Kier alpha value is -2.45. The average molecular weight is 353 g/mol. The third kappa shape index (κ3) is 3.03. The highest BCUT2D eigenvalue weighted by atomic mass is 35.5. The van der Waals surface area contributed by atoms with Crippen LogP contribution in [0.4, 0.5) is 5.69 Å². The molecule has 2 aromatic heterocycles. The van der Waals surface area contributed by atoms with E-state index in [9.17, 15) is 9.59 Å². The van der Waals surface area contributed by atoms with Gasteiger partial charge in [-0.15, -0.1) is 5.10 Å². The molecule has 1 amide bonds. The van der Waals surface area contributed by atoms with E-state index in [1.54, 1.807) is 19.2 Å². The Kier molecular flexibility index (Phi) is 4.01. The lowest BCUT2D eigenvalue weighted by molar-refractivity contribution is -0.116. The fourth-order valence-electron chi connectivity index (χ4n) is 1.99. The van der Waals surface area contributed by atoms with Crippen molar-refractivity contribution in [2.24, 2.45) is 7.05 Å². The minimum absolute atomic E-state index is 0.109. The van der Waals surface area contributed by atoms with Crippen molar-refractivity contribution >= 4 is 46.0 Å². The van der Waals surface area contributed by atoms with Crippen molar-refractivity contribution in [3.63, 3.8) is 0 Å². The summed E-state index contributed by atoms with van der Waals surface area (Å²) in [6.45, 7) is -0.210. The molecule has 0 saturated carbocycles. The van der Waals surface area contributed by atoms with Crippen molar-refractivity contribution in [3.05, 3.63) is 44.9 Å². The molecule has 0 spiro atoms. The number of rotatable bonds is 3. The number of benzene rings is 1. The van der Waals surface area contributed by atoms with Crippen LogP contribution < -0.4 is 10.9 Å². The molecule has 0 saturated heterocycles. The summed E-state index contributed by atoms with van der Waals surface area (Å²) < 4.78 is 2.54. The second-order valence-electron chi connectivity index (χ2n) is 4.74. The van der Waals surface area contributed by atoms with Gasteiger partial charge >= 0.3 is 0 Å². The van der Waals surface area contributed by atoms with Crippen molar-refractivity contribution in [2.75, 3.05) is 5.32 Å². The first-order valence-electron chi connectivity index (χ1n) is 6.45. The molecule has 0 aliphatic heterocycles. The fourth-order valence-corrected chi connectivity index (χ4v) is 2.29. The molecule has 0 atom stereocenters. The Morgan fingerprint density at radius 2 is 2.09 bits per heavy atom. The number of amides is 1. The lowest BCUT2D eigenvalue weighted by atomic mass is 10.3. The van der Waals surface area contributed by atoms with Gasteiger partial charge in [0.1, 0.15) is 12.9 Å². The van der Waals surface area contributed by atoms with Gasteiger partial charge in [0.25, 0.3) is 5.56 Å². The molecular formula is C13H10Cl2N6O2. The number of anilines is 1. The average Bonchev–Trinajstić information content (AvgIpc) is 2.88. The minimum atomic E-state index is -0.438. The van der Waals surface area contributed by atoms with Crippen LogP contribution in [0.5, 0.6) is 0 Å². The summed E-state index contributed by atoms with van der Waals surface area (Å²) in [6, 6.07) is 4.70. The largest absolute Gasteiger partial charge is 0.324 e. The Bertz CT molecular complexity index is 965. The van der Waals surface area contributed by atoms with Crippen LogP contribution in [-0.4, -0.2) is 30.5 Å². The van der Waals surface area contributed by atoms with Crippen molar-refractivity contribution in [2.45, 2.75) is 6.54 Å². The van der Waals surface area contributed by atoms with Crippen LogP contribution in [0.3, 0.4) is 0 Å². The van der Waals surface area contributed by atoms with E-state index < -0.39 is 11.5 Å². The lowest BCUT2D eigenvalue weighted by Gasteiger charge is -2.07. The van der Waals surface area contributed by atoms with E-state index in [-0.39, 0.29) is 12.1 Å². The highest BCUT2D eigenvalue weighted by molar-refractivity contribution is 6.42. The summed E-state index contributed by atoms with van der Waals surface area (Å²) in [6.07, 6.45) is 1.28. The molecule has 3 aromatic rings. The molecule has 23 heavy (non-hydrogen) atoms. The minimum Gasteiger partial charge on any atom is -0.324 e. The van der Waals surface area contributed by atoms with Gasteiger partial charge in [0.15, 0.2) is 11.2 Å². The number of hydrogen-bond acceptors (Lipinski definition) is 5. The second kappa shape index (κ2) is 5.98. The molecule has 0 unspecified atom stereocenters. The Balaban J connectivity index is 1.81. The van der Waals surface area contributed by atoms with Gasteiger partial charge in [0.05, 0.1) is 10.0 Å². The summed E-state index contributed by atoms with van der Waals surface area (Å²) in [4.78, 5) is 28.3. The van der Waals surface area contributed by atoms with E-state index in [1.165, 1.54) is 17.1 Å². The highest BCUT2D eigenvalue weighted by Gasteiger charge is 2.12. The Morgan fingerprint density at radius 1 is 1.30 bits per heavy atom. The molecule has 2 heterocycles. The SMILES string of the molecule is Cn1nnc2c(=O)n(CC(=O)Nc3ccc(Cl)c(Cl)c3)cnc21. The maximum absolute atomic E-state index is 12.2. The smallest absolute Gasteiger partial charge is 0.283 e. The van der Waals surface area contributed by atoms with Gasteiger partial charge in [0.2, 0.25) is 5.91 Å². The Morgan fingerprint density at radius 3 is 2.83 bits per heavy atom. The number of fused-ring (bicyclic) bond motifs is 1. The van der Waals surface area contributed by atoms with Crippen molar-refractivity contribution in [1.82, 2.24) is 24.5 Å². The van der Waals surface area contributed by atoms with Crippen LogP contribution in [0.15, 0.2) is 29.3 Å². The van der Waals surface area contributed by atoms with Gasteiger partial charge in [-0.3, -0.25) is 14.2 Å². The van der Waals surface area contributed by atoms with Gasteiger partial charge in [-0.05, 0) is 18.2 Å². The number of halogens is 2. The van der Waals surface area contributed by atoms with Crippen LogP contribution in [0, 0.1) is 0 Å². The summed E-state index contributed by atoms with van der Waals surface area (Å²) in [7, 11) is 1.63. The third-order valence-corrected chi connectivity index (χ3v) is 3.84. The standard InChI is InChI=1S/C13H10Cl2N6O2/c1-20-12-11(18-19-20)13(23)21(6-16-12)5-10(22)17-7-2-3-8(14)9(15)4-7/h2-4,6H,5H2,1H3,(H,17,22). The Labute approximate surface area is 139 Å². The summed E-state index contributed by atoms with van der Waals surface area (Å²) in [5.41, 5.74) is 0.506. The monoisotopic (exact) mass is 352 g/mol. The molecule has 0 fully saturated rings. The van der Waals surface area contributed by atoms with Gasteiger partial charge in [0, 0.05) is 12.7 Å². The number of carbonyl (C=O) groups is 1. The van der Waals surface area contributed by atoms with Gasteiger partial charge in [-0.25, -0.2) is 9.67 Å². The summed E-state index contributed by atoms with van der Waals surface area (Å²) >= 11 is 11.7. The van der Waals surface area contributed by atoms with Crippen molar-refractivity contribution in [1.29, 1.82) is 0 Å². The zero-order valence-corrected chi connectivity index (χ0v) is 13.3. The maximum atomic E-state index is 12.2. The molecule has 0 aliphatic rings. The lowest BCUT2D eigenvalue weighted by Crippen LogP contribution is -2.28. The molecule has 0 aliphatic carbocycles. The van der Waals surface area contributed by atoms with Gasteiger partial charge in [-0.2, -0.15) is 0 Å². The maximum Gasteiger partial charge on any atom is 0.283 e. The molecular weight excluding hydrogens is 343 g/mol. The summed E-state index contributed by atoms with van der Waals surface area (Å²) in [5.74, 6) is -0.407. The first-order chi connectivity index (χ1) is 11.0. The number of aryl methyl sites for hydroxylation is 1. The normalized spacial score (nSPS) is 10.9. The van der Waals surface area contributed by atoms with Crippen LogP contribution >= 0.6 is 23.2 Å². The summed E-state index contributed by atoms with van der Waals surface area (Å²) in [5, 5.41) is 10.8. The van der Waals surface area contributed by atoms with E-state index in [2.05, 4.69) is 20.6 Å². The van der Waals surface area contributed by atoms with E-state index in [4.69, 9.17) is 23.2 Å². The molecule has 1 N–H and O–H groups in total. The van der Waals surface area contributed by atoms with Gasteiger partial charge < -0.3 is 5.32 Å². The van der Waals surface area contributed by atoms with Gasteiger partial charge in [-0.1, -0.05) is 28.4 Å². The van der Waals surface area contributed by atoms with E-state index in [1.807, 2.05) is 0 Å². The molecule has 10 heteroatoms. The number of hydrogen-bond donors (Lipinski definition) is 1. The quantitative estimate of drug-likeness (QED) is 0.770. The number of nitrogens with zero attached hydrogens (tertiary/aromatic N) is 5. The van der Waals surface area contributed by atoms with Crippen molar-refractivity contribution < 1.29 is 4.79 Å². The molecule has 1 aromatic carbocycles. The molecule has 8 nitrogen and oxygen atoms in total. The van der Waals surface area contributed by atoms with Crippen LogP contribution in [0.25, 0.3) is 11.2 Å². The molecule has 0 radical (unpaired) electrons. The van der Waals surface area contributed by atoms with Crippen LogP contribution in [0.1, 0.15) is 0 Å². The number of aromatic nitrogens is 5. The van der Waals surface area contributed by atoms with E-state index >= 15 is 0 Å². The van der Waals surface area contributed by atoms with Crippen molar-refractivity contribution in [3.8, 4) is 0 Å². The first-order valence-corrected chi connectivity index (χ1v) is 7.21. The highest BCUT2D eigenvalue weighted by Crippen LogP contribution is 2.24. The molecule has 3 rings (SSSR count). The van der Waals surface area contributed by atoms with Crippen LogP contribution in [0.2, 0.25) is 10.0 Å². The van der Waals surface area contributed by atoms with E-state index in [0.29, 0.717) is 21.4 Å². The molecule has 0 bridgehead atoms. The zero-order chi connectivity index (χ0) is 16.6. The zero-order valence-electron chi connectivity index (χ0n) is 11.8. The van der Waals surface area contributed by atoms with E-state index in [0.717, 1.165) is 4.57 Å². The fraction of sp³-hybridized carbons (Fsp3) is 0.154.